The van der Waals surface area contributed by atoms with Crippen LogP contribution in [0.3, 0.4) is 0 Å². The molecule has 1 heterocycles. The molecule has 0 atom stereocenters. The number of para-hydroxylation sites is 2. The van der Waals surface area contributed by atoms with Gasteiger partial charge in [0.2, 0.25) is 5.89 Å². The van der Waals surface area contributed by atoms with E-state index < -0.39 is 0 Å². The molecule has 0 saturated carbocycles. The second-order valence-corrected chi connectivity index (χ2v) is 12.6. The summed E-state index contributed by atoms with van der Waals surface area (Å²) < 4.78 is 6.38. The van der Waals surface area contributed by atoms with Gasteiger partial charge in [0, 0.05) is 0 Å². The lowest BCUT2D eigenvalue weighted by molar-refractivity contribution is 0.621. The highest BCUT2D eigenvalue weighted by atomic mass is 16.3. The van der Waals surface area contributed by atoms with E-state index in [2.05, 4.69) is 152 Å². The summed E-state index contributed by atoms with van der Waals surface area (Å²) >= 11 is 0. The molecule has 0 fully saturated rings. The maximum absolute atomic E-state index is 6.38. The predicted octanol–water partition coefficient (Wildman–Crippen LogP) is 13.1. The fourth-order valence-electron chi connectivity index (χ4n) is 7.81. The van der Waals surface area contributed by atoms with Gasteiger partial charge >= 0.3 is 0 Å². The molecule has 0 aliphatic heterocycles. The van der Waals surface area contributed by atoms with Crippen LogP contribution in [-0.4, -0.2) is 4.98 Å². The highest BCUT2D eigenvalue weighted by Crippen LogP contribution is 2.46. The van der Waals surface area contributed by atoms with E-state index in [1.54, 1.807) is 0 Å². The van der Waals surface area contributed by atoms with Gasteiger partial charge in [0.1, 0.15) is 5.52 Å². The molecule has 0 spiro atoms. The zero-order chi connectivity index (χ0) is 32.3. The third kappa shape index (κ3) is 4.31. The molecule has 0 radical (unpaired) electrons. The van der Waals surface area contributed by atoms with E-state index in [1.807, 2.05) is 24.3 Å². The van der Waals surface area contributed by atoms with E-state index in [4.69, 9.17) is 9.40 Å². The molecular weight excluding hydrogens is 595 g/mol. The number of benzene rings is 9. The van der Waals surface area contributed by atoms with Crippen LogP contribution in [0.15, 0.2) is 180 Å². The highest BCUT2D eigenvalue weighted by molar-refractivity contribution is 6.23. The van der Waals surface area contributed by atoms with Crippen LogP contribution in [0.2, 0.25) is 0 Å². The maximum atomic E-state index is 6.38. The average Bonchev–Trinajstić information content (AvgIpc) is 3.60. The average molecular weight is 624 g/mol. The lowest BCUT2D eigenvalue weighted by Gasteiger charge is -2.18. The minimum atomic E-state index is 0.646. The zero-order valence-electron chi connectivity index (χ0n) is 26.6. The van der Waals surface area contributed by atoms with Crippen molar-refractivity contribution in [2.75, 3.05) is 0 Å². The number of hydrogen-bond acceptors (Lipinski definition) is 2. The molecule has 0 N–H and O–H groups in total. The SMILES string of the molecule is c1ccc(-c2c3ccccc3c(-c3ccc(-c4c5ccccc5c(-c5nc6ccccc6o5)c5ccccc45)cc3)c3ccccc23)cc1. The van der Waals surface area contributed by atoms with Gasteiger partial charge in [0.25, 0.3) is 0 Å². The summed E-state index contributed by atoms with van der Waals surface area (Å²) in [4.78, 5) is 4.94. The quantitative estimate of drug-likeness (QED) is 0.182. The molecule has 2 nitrogen and oxygen atoms in total. The van der Waals surface area contributed by atoms with Crippen LogP contribution in [0.5, 0.6) is 0 Å². The van der Waals surface area contributed by atoms with Crippen molar-refractivity contribution in [3.8, 4) is 44.8 Å². The maximum Gasteiger partial charge on any atom is 0.228 e. The third-order valence-corrected chi connectivity index (χ3v) is 9.90. The van der Waals surface area contributed by atoms with Crippen molar-refractivity contribution in [1.29, 1.82) is 0 Å². The van der Waals surface area contributed by atoms with E-state index in [1.165, 1.54) is 65.7 Å². The summed E-state index contributed by atoms with van der Waals surface area (Å²) in [6, 6.07) is 62.8. The molecule has 0 bridgehead atoms. The van der Waals surface area contributed by atoms with Crippen LogP contribution in [-0.2, 0) is 0 Å². The largest absolute Gasteiger partial charge is 0.436 e. The summed E-state index contributed by atoms with van der Waals surface area (Å²) in [5.74, 6) is 0.646. The van der Waals surface area contributed by atoms with E-state index in [9.17, 15) is 0 Å². The lowest BCUT2D eigenvalue weighted by atomic mass is 9.85. The first-order valence-corrected chi connectivity index (χ1v) is 16.7. The van der Waals surface area contributed by atoms with E-state index in [0.29, 0.717) is 5.89 Å². The molecule has 10 aromatic rings. The predicted molar refractivity (Wildman–Crippen MR) is 206 cm³/mol. The first kappa shape index (κ1) is 27.6. The molecule has 49 heavy (non-hydrogen) atoms. The van der Waals surface area contributed by atoms with E-state index >= 15 is 0 Å². The molecule has 0 aliphatic rings. The molecule has 0 amide bonds. The van der Waals surface area contributed by atoms with Gasteiger partial charge in [-0.05, 0) is 88.6 Å². The molecule has 0 unspecified atom stereocenters. The number of oxazole rings is 1. The summed E-state index contributed by atoms with van der Waals surface area (Å²) in [6.07, 6.45) is 0. The summed E-state index contributed by atoms with van der Waals surface area (Å²) in [7, 11) is 0. The van der Waals surface area contributed by atoms with Gasteiger partial charge in [-0.25, -0.2) is 4.98 Å². The zero-order valence-corrected chi connectivity index (χ0v) is 26.6. The smallest absolute Gasteiger partial charge is 0.228 e. The van der Waals surface area contributed by atoms with Gasteiger partial charge in [0.15, 0.2) is 5.58 Å². The number of nitrogens with zero attached hydrogens (tertiary/aromatic N) is 1. The first-order valence-electron chi connectivity index (χ1n) is 16.7. The number of fused-ring (bicyclic) bond motifs is 5. The van der Waals surface area contributed by atoms with E-state index in [-0.39, 0.29) is 0 Å². The molecule has 228 valence electrons. The van der Waals surface area contributed by atoms with Crippen molar-refractivity contribution in [3.05, 3.63) is 176 Å². The Morgan fingerprint density at radius 2 is 0.612 bits per heavy atom. The molecular formula is C47H29NO. The number of aromatic nitrogens is 1. The van der Waals surface area contributed by atoms with Crippen LogP contribution >= 0.6 is 0 Å². The number of hydrogen-bond donors (Lipinski definition) is 0. The molecule has 10 rings (SSSR count). The topological polar surface area (TPSA) is 26.0 Å². The van der Waals surface area contributed by atoms with Crippen LogP contribution in [0.1, 0.15) is 0 Å². The molecule has 0 saturated heterocycles. The second kappa shape index (κ2) is 11.0. The van der Waals surface area contributed by atoms with Crippen LogP contribution in [0.25, 0.3) is 99.0 Å². The molecule has 0 aliphatic carbocycles. The molecule has 2 heteroatoms. The van der Waals surface area contributed by atoms with Gasteiger partial charge < -0.3 is 4.42 Å². The van der Waals surface area contributed by atoms with Gasteiger partial charge in [-0.2, -0.15) is 0 Å². The van der Waals surface area contributed by atoms with Crippen LogP contribution in [0.4, 0.5) is 0 Å². The van der Waals surface area contributed by atoms with Crippen molar-refractivity contribution in [3.63, 3.8) is 0 Å². The van der Waals surface area contributed by atoms with Gasteiger partial charge in [-0.1, -0.05) is 164 Å². The fraction of sp³-hybridized carbons (Fsp3) is 0. The Balaban J connectivity index is 1.20. The van der Waals surface area contributed by atoms with Gasteiger partial charge in [-0.3, -0.25) is 0 Å². The van der Waals surface area contributed by atoms with Crippen LogP contribution in [0, 0.1) is 0 Å². The lowest BCUT2D eigenvalue weighted by Crippen LogP contribution is -1.92. The van der Waals surface area contributed by atoms with Crippen molar-refractivity contribution in [2.24, 2.45) is 0 Å². The Bertz CT molecular complexity index is 2720. The van der Waals surface area contributed by atoms with Crippen LogP contribution < -0.4 is 0 Å². The Kier molecular flexibility index (Phi) is 6.22. The van der Waals surface area contributed by atoms with Crippen molar-refractivity contribution in [2.45, 2.75) is 0 Å². The Labute approximate surface area is 283 Å². The Morgan fingerprint density at radius 3 is 1.02 bits per heavy atom. The van der Waals surface area contributed by atoms with Crippen molar-refractivity contribution in [1.82, 2.24) is 4.98 Å². The van der Waals surface area contributed by atoms with Crippen molar-refractivity contribution < 1.29 is 4.42 Å². The third-order valence-electron chi connectivity index (χ3n) is 9.90. The Hall–Kier alpha value is -6.51. The van der Waals surface area contributed by atoms with E-state index in [0.717, 1.165) is 27.4 Å². The highest BCUT2D eigenvalue weighted by Gasteiger charge is 2.21. The minimum absolute atomic E-state index is 0.646. The normalized spacial score (nSPS) is 11.7. The fourth-order valence-corrected chi connectivity index (χ4v) is 7.81. The summed E-state index contributed by atoms with van der Waals surface area (Å²) in [5, 5.41) is 9.64. The van der Waals surface area contributed by atoms with Gasteiger partial charge in [-0.15, -0.1) is 0 Å². The molecule has 9 aromatic carbocycles. The summed E-state index contributed by atoms with van der Waals surface area (Å²) in [5.41, 5.74) is 10.1. The van der Waals surface area contributed by atoms with Crippen molar-refractivity contribution >= 4 is 54.2 Å². The molecule has 1 aromatic heterocycles. The second-order valence-electron chi connectivity index (χ2n) is 12.6. The Morgan fingerprint density at radius 1 is 0.286 bits per heavy atom. The standard InChI is InChI=1S/C47H29NO/c1-2-14-30(15-3-1)43-33-16-4-6-18-35(33)44(36-19-7-5-17-34(36)43)31-26-28-32(29-27-31)45-37-20-8-10-22-39(37)46(40-23-11-9-21-38(40)45)47-48-41-24-12-13-25-42(41)49-47/h1-29H. The number of rotatable bonds is 4. The van der Waals surface area contributed by atoms with Gasteiger partial charge in [0.05, 0.1) is 5.56 Å². The minimum Gasteiger partial charge on any atom is -0.436 e. The monoisotopic (exact) mass is 623 g/mol. The first-order chi connectivity index (χ1) is 24.3. The summed E-state index contributed by atoms with van der Waals surface area (Å²) in [6.45, 7) is 0.